The first kappa shape index (κ1) is 16.1. The van der Waals surface area contributed by atoms with E-state index >= 15 is 0 Å². The fraction of sp³-hybridized carbons (Fsp3) is 0. The maximum Gasteiger partial charge on any atom is 1.08 e. The first-order valence-corrected chi connectivity index (χ1v) is 10.1. The molecule has 0 saturated heterocycles. The Labute approximate surface area is 157 Å². The van der Waals surface area contributed by atoms with Crippen LogP contribution in [0, 0.1) is 0 Å². The van der Waals surface area contributed by atoms with Crippen LogP contribution < -0.4 is 36.8 Å². The van der Waals surface area contributed by atoms with Crippen molar-refractivity contribution in [3.63, 3.8) is 0 Å². The molecule has 0 radical (unpaired) electrons. The molecule has 4 heterocycles. The molecule has 4 rings (SSSR count). The Morgan fingerprint density at radius 3 is 1.00 bits per heavy atom. The van der Waals surface area contributed by atoms with Gasteiger partial charge in [-0.2, -0.15) is 17.9 Å². The van der Waals surface area contributed by atoms with Gasteiger partial charge >= 0.3 is 25.5 Å². The predicted molar refractivity (Wildman–Crippen MR) is 86.5 cm³/mol. The van der Waals surface area contributed by atoms with Gasteiger partial charge in [0.15, 0.2) is 22.0 Å². The van der Waals surface area contributed by atoms with Crippen molar-refractivity contribution in [2.24, 2.45) is 0 Å². The Hall–Kier alpha value is -0.818. The van der Waals surface area contributed by atoms with Gasteiger partial charge in [0.2, 0.25) is 0 Å². The molecule has 0 atom stereocenters. The molecular weight excluding hydrogens is 346 g/mol. The fourth-order valence-electron chi connectivity index (χ4n) is 2.70. The van der Waals surface area contributed by atoms with Crippen LogP contribution >= 0.6 is 45.3 Å². The second-order valence-electron chi connectivity index (χ2n) is 4.59. The van der Waals surface area contributed by atoms with Crippen LogP contribution in [0.5, 0.6) is 0 Å². The summed E-state index contributed by atoms with van der Waals surface area (Å²) in [4.78, 5) is 0. The van der Waals surface area contributed by atoms with E-state index in [1.165, 1.54) is 0 Å². The molecule has 0 unspecified atom stereocenters. The van der Waals surface area contributed by atoms with Gasteiger partial charge in [-0.1, -0.05) is 45.3 Å². The van der Waals surface area contributed by atoms with Crippen LogP contribution in [0.25, 0.3) is 0 Å². The topological polar surface area (TPSA) is 15.5 Å². The second kappa shape index (κ2) is 6.74. The van der Waals surface area contributed by atoms with E-state index in [9.17, 15) is 0 Å². The molecular formula is C12H13BLiN4S4+3. The van der Waals surface area contributed by atoms with Crippen molar-refractivity contribution in [1.82, 2.24) is 0 Å². The quantitative estimate of drug-likeness (QED) is 0.380. The van der Waals surface area contributed by atoms with Crippen molar-refractivity contribution in [2.45, 2.75) is 0 Å². The van der Waals surface area contributed by atoms with Crippen molar-refractivity contribution in [3.8, 4) is 0 Å². The molecule has 4 aromatic rings. The van der Waals surface area contributed by atoms with Crippen LogP contribution in [-0.4, -0.2) is 6.69 Å². The maximum absolute atomic E-state index is 2.29. The van der Waals surface area contributed by atoms with Crippen LogP contribution in [0.1, 0.15) is 1.43 Å². The van der Waals surface area contributed by atoms with Gasteiger partial charge in [0.1, 0.15) is 24.8 Å². The zero-order chi connectivity index (χ0) is 14.1. The first-order chi connectivity index (χ1) is 10.4. The first-order valence-electron chi connectivity index (χ1n) is 6.32. The molecule has 4 aromatic heterocycles. The van der Waals surface area contributed by atoms with E-state index in [1.807, 2.05) is 0 Å². The Morgan fingerprint density at radius 2 is 0.818 bits per heavy atom. The molecule has 0 aliphatic carbocycles. The van der Waals surface area contributed by atoms with Crippen LogP contribution in [0.2, 0.25) is 0 Å². The molecule has 0 saturated carbocycles. The summed E-state index contributed by atoms with van der Waals surface area (Å²) in [6, 6.07) is 0. The van der Waals surface area contributed by atoms with Crippen LogP contribution in [0.4, 0.5) is 0 Å². The summed E-state index contributed by atoms with van der Waals surface area (Å²) in [5, 5.41) is 8.46. The Bertz CT molecular complexity index is 663. The second-order valence-corrected chi connectivity index (χ2v) is 7.61. The summed E-state index contributed by atoms with van der Waals surface area (Å²) >= 11 is 6.83. The average Bonchev–Trinajstić information content (AvgIpc) is 3.32. The Balaban J connectivity index is 0.000000960. The Morgan fingerprint density at radius 1 is 0.545 bits per heavy atom. The van der Waals surface area contributed by atoms with Gasteiger partial charge in [0.25, 0.3) is 0 Å². The predicted octanol–water partition coefficient (Wildman–Crippen LogP) is -1.87. The molecule has 0 aliphatic heterocycles. The average molecular weight is 359 g/mol. The molecule has 0 bridgehead atoms. The smallest absolute Gasteiger partial charge is 1.00 e. The SMILES string of the molecule is [H-].[Li+].c1c[n+]([B-]([n+]2ccsc2)([n+]2ccsc2)[n+]2ccsc2)cs1. The Kier molecular flexibility index (Phi) is 4.92. The molecule has 22 heavy (non-hydrogen) atoms. The van der Waals surface area contributed by atoms with Gasteiger partial charge in [-0.05, 0) is 0 Å². The number of rotatable bonds is 4. The number of hydrogen-bond acceptors (Lipinski definition) is 4. The van der Waals surface area contributed by atoms with Crippen molar-refractivity contribution in [1.29, 1.82) is 0 Å². The van der Waals surface area contributed by atoms with Gasteiger partial charge in [0.05, 0.1) is 21.5 Å². The van der Waals surface area contributed by atoms with Crippen molar-refractivity contribution < 1.29 is 38.2 Å². The summed E-state index contributed by atoms with van der Waals surface area (Å²) in [7, 11) is 0. The van der Waals surface area contributed by atoms with Crippen LogP contribution in [-0.2, 0) is 0 Å². The van der Waals surface area contributed by atoms with E-state index in [1.54, 1.807) is 45.3 Å². The minimum Gasteiger partial charge on any atom is -1.00 e. The van der Waals surface area contributed by atoms with E-state index in [2.05, 4.69) is 86.3 Å². The number of thiazole rings is 4. The van der Waals surface area contributed by atoms with E-state index in [-0.39, 0.29) is 20.3 Å². The third kappa shape index (κ3) is 2.42. The van der Waals surface area contributed by atoms with Gasteiger partial charge in [-0.25, -0.2) is 0 Å². The summed E-state index contributed by atoms with van der Waals surface area (Å²) in [6.45, 7) is -1.35. The molecule has 4 nitrogen and oxygen atoms in total. The third-order valence-corrected chi connectivity index (χ3v) is 6.15. The number of aromatic nitrogens is 4. The minimum atomic E-state index is -1.35. The number of nitrogens with zero attached hydrogens (tertiary/aromatic N) is 4. The molecule has 0 aliphatic rings. The van der Waals surface area contributed by atoms with Crippen molar-refractivity contribution >= 4 is 52.0 Å². The molecule has 0 fully saturated rings. The van der Waals surface area contributed by atoms with Gasteiger partial charge in [-0.3, -0.25) is 0 Å². The van der Waals surface area contributed by atoms with Gasteiger partial charge < -0.3 is 1.43 Å². The molecule has 0 spiro atoms. The number of hydrogen-bond donors (Lipinski definition) is 0. The van der Waals surface area contributed by atoms with E-state index < -0.39 is 6.69 Å². The van der Waals surface area contributed by atoms with Crippen molar-refractivity contribution in [2.75, 3.05) is 0 Å². The standard InChI is InChI=1S/C12H12BN4S4.Li.H/c1-5-18-9-14(1)13(15-2-6-19-10-15,16-3-7-20-11-16)17-4-8-21-12-17;;/h1-12H;;/q+3;+1;-1. The zero-order valence-corrected chi connectivity index (χ0v) is 15.2. The van der Waals surface area contributed by atoms with E-state index in [0.717, 1.165) is 0 Å². The van der Waals surface area contributed by atoms with Crippen LogP contribution in [0.3, 0.4) is 0 Å². The van der Waals surface area contributed by atoms with Crippen LogP contribution in [0.15, 0.2) is 68.3 Å². The van der Waals surface area contributed by atoms with Gasteiger partial charge in [0, 0.05) is 0 Å². The van der Waals surface area contributed by atoms with Gasteiger partial charge in [-0.15, -0.1) is 0 Å². The minimum absolute atomic E-state index is 0. The van der Waals surface area contributed by atoms with E-state index in [0.29, 0.717) is 0 Å². The zero-order valence-electron chi connectivity index (χ0n) is 12.9. The summed E-state index contributed by atoms with van der Waals surface area (Å²) in [5.74, 6) is 0. The van der Waals surface area contributed by atoms with Crippen molar-refractivity contribution in [3.05, 3.63) is 68.3 Å². The third-order valence-electron chi connectivity index (χ3n) is 3.58. The normalized spacial score (nSPS) is 11.3. The summed E-state index contributed by atoms with van der Waals surface area (Å²) in [5.41, 5.74) is 8.67. The summed E-state index contributed by atoms with van der Waals surface area (Å²) in [6.07, 6.45) is 8.57. The molecule has 106 valence electrons. The maximum atomic E-state index is 2.29. The molecule has 0 N–H and O–H groups in total. The molecule has 0 amide bonds. The summed E-state index contributed by atoms with van der Waals surface area (Å²) < 4.78 is 9.15. The monoisotopic (exact) mass is 359 g/mol. The molecule has 0 aromatic carbocycles. The molecule has 10 heteroatoms. The fourth-order valence-corrected chi connectivity index (χ4v) is 5.32. The van der Waals surface area contributed by atoms with E-state index in [4.69, 9.17) is 0 Å². The largest absolute Gasteiger partial charge is 1.08 e.